The van der Waals surface area contributed by atoms with E-state index in [1.54, 1.807) is 6.07 Å². The summed E-state index contributed by atoms with van der Waals surface area (Å²) in [4.78, 5) is 26.5. The summed E-state index contributed by atoms with van der Waals surface area (Å²) >= 11 is 0. The number of amides is 1. The van der Waals surface area contributed by atoms with E-state index in [0.29, 0.717) is 49.1 Å². The van der Waals surface area contributed by atoms with Gasteiger partial charge in [0.05, 0.1) is 12.7 Å². The number of alkyl halides is 3. The maximum Gasteiger partial charge on any atom is 0.573 e. The first-order valence-corrected chi connectivity index (χ1v) is 11.7. The summed E-state index contributed by atoms with van der Waals surface area (Å²) in [6.45, 7) is 4.86. The summed E-state index contributed by atoms with van der Waals surface area (Å²) in [5, 5.41) is 5.94. The third-order valence-corrected chi connectivity index (χ3v) is 5.71. The van der Waals surface area contributed by atoms with E-state index in [-0.39, 0.29) is 24.4 Å². The molecule has 0 aliphatic carbocycles. The number of anilines is 4. The fourth-order valence-electron chi connectivity index (χ4n) is 3.92. The van der Waals surface area contributed by atoms with Crippen LogP contribution in [0.2, 0.25) is 0 Å². The number of hydrogen-bond donors (Lipinski definition) is 2. The quantitative estimate of drug-likeness (QED) is 0.433. The molecule has 196 valence electrons. The van der Waals surface area contributed by atoms with Gasteiger partial charge in [-0.25, -0.2) is 9.97 Å². The minimum atomic E-state index is -4.73. The van der Waals surface area contributed by atoms with Crippen molar-refractivity contribution in [3.63, 3.8) is 0 Å². The minimum Gasteiger partial charge on any atom is -0.406 e. The summed E-state index contributed by atoms with van der Waals surface area (Å²) in [6.07, 6.45) is -1.91. The molecule has 2 heterocycles. The number of nitrogens with one attached hydrogen (secondary N) is 2. The Morgan fingerprint density at radius 1 is 1.14 bits per heavy atom. The Balaban J connectivity index is 1.30. The summed E-state index contributed by atoms with van der Waals surface area (Å²) < 4.78 is 47.2. The van der Waals surface area contributed by atoms with Crippen LogP contribution in [0.15, 0.2) is 48.8 Å². The van der Waals surface area contributed by atoms with Gasteiger partial charge >= 0.3 is 6.36 Å². The van der Waals surface area contributed by atoms with Crippen molar-refractivity contribution in [2.75, 3.05) is 28.6 Å². The van der Waals surface area contributed by atoms with E-state index >= 15 is 0 Å². The van der Waals surface area contributed by atoms with Crippen molar-refractivity contribution in [2.45, 2.75) is 45.8 Å². The molecule has 1 amide bonds. The number of hydrogen-bond acceptors (Lipinski definition) is 8. The Kier molecular flexibility index (Phi) is 8.07. The van der Waals surface area contributed by atoms with Crippen LogP contribution >= 0.6 is 0 Å². The van der Waals surface area contributed by atoms with Gasteiger partial charge in [0.1, 0.15) is 12.1 Å². The smallest absolute Gasteiger partial charge is 0.406 e. The molecule has 37 heavy (non-hydrogen) atoms. The molecule has 0 unspecified atom stereocenters. The Hall–Kier alpha value is -3.93. The van der Waals surface area contributed by atoms with Crippen molar-refractivity contribution < 1.29 is 27.4 Å². The van der Waals surface area contributed by atoms with Gasteiger partial charge in [-0.3, -0.25) is 4.79 Å². The van der Waals surface area contributed by atoms with Crippen molar-refractivity contribution in [3.05, 3.63) is 59.9 Å². The second-order valence-corrected chi connectivity index (χ2v) is 8.64. The molecule has 1 fully saturated rings. The molecule has 1 aliphatic heterocycles. The first-order valence-electron chi connectivity index (χ1n) is 11.7. The Morgan fingerprint density at radius 2 is 1.92 bits per heavy atom. The zero-order valence-corrected chi connectivity index (χ0v) is 20.4. The van der Waals surface area contributed by atoms with Crippen LogP contribution in [0.25, 0.3) is 0 Å². The molecule has 0 bridgehead atoms. The molecule has 12 heteroatoms. The van der Waals surface area contributed by atoms with Gasteiger partial charge in [0.15, 0.2) is 0 Å². The van der Waals surface area contributed by atoms with E-state index < -0.39 is 6.36 Å². The number of ether oxygens (including phenoxy) is 2. The van der Waals surface area contributed by atoms with Gasteiger partial charge in [-0.15, -0.1) is 13.2 Å². The highest BCUT2D eigenvalue weighted by Crippen LogP contribution is 2.26. The second kappa shape index (κ2) is 11.4. The van der Waals surface area contributed by atoms with Gasteiger partial charge in [0, 0.05) is 31.4 Å². The van der Waals surface area contributed by atoms with Crippen molar-refractivity contribution in [1.29, 1.82) is 0 Å². The lowest BCUT2D eigenvalue weighted by Crippen LogP contribution is -2.38. The Morgan fingerprint density at radius 3 is 2.65 bits per heavy atom. The normalized spacial score (nSPS) is 14.4. The van der Waals surface area contributed by atoms with Gasteiger partial charge < -0.3 is 25.0 Å². The number of aromatic nitrogens is 3. The number of piperidine rings is 1. The highest BCUT2D eigenvalue weighted by atomic mass is 19.4. The zero-order chi connectivity index (χ0) is 26.4. The maximum atomic E-state index is 12.4. The summed E-state index contributed by atoms with van der Waals surface area (Å²) in [7, 11) is 0. The Labute approximate surface area is 212 Å². The van der Waals surface area contributed by atoms with E-state index in [1.165, 1.54) is 31.5 Å². The summed E-state index contributed by atoms with van der Waals surface area (Å²) in [5.74, 6) is 0.489. The van der Waals surface area contributed by atoms with Crippen LogP contribution in [0, 0.1) is 6.92 Å². The lowest BCUT2D eigenvalue weighted by Gasteiger charge is -2.32. The van der Waals surface area contributed by atoms with Gasteiger partial charge in [0.2, 0.25) is 17.8 Å². The van der Waals surface area contributed by atoms with Crippen LogP contribution in [0.1, 0.15) is 30.9 Å². The van der Waals surface area contributed by atoms with E-state index in [9.17, 15) is 18.0 Å². The molecule has 1 aliphatic rings. The molecular formula is C25H27F3N6O3. The number of benzene rings is 2. The van der Waals surface area contributed by atoms with E-state index in [0.717, 1.165) is 11.3 Å². The summed E-state index contributed by atoms with van der Waals surface area (Å²) in [5.41, 5.74) is 2.97. The number of halogens is 3. The lowest BCUT2D eigenvalue weighted by molar-refractivity contribution is -0.274. The van der Waals surface area contributed by atoms with Crippen molar-refractivity contribution in [1.82, 2.24) is 15.0 Å². The van der Waals surface area contributed by atoms with Gasteiger partial charge in [0.25, 0.3) is 0 Å². The van der Waals surface area contributed by atoms with Crippen molar-refractivity contribution >= 4 is 29.2 Å². The third kappa shape index (κ3) is 7.78. The lowest BCUT2D eigenvalue weighted by atomic mass is 10.1. The molecule has 3 aromatic rings. The monoisotopic (exact) mass is 516 g/mol. The predicted molar refractivity (Wildman–Crippen MR) is 132 cm³/mol. The SMILES string of the molecule is CC(=O)Nc1cc(Nc2ncnc(N3CCC(OCc4cccc(OC(F)(F)F)c4)CC3)n2)ccc1C. The Bertz CT molecular complexity index is 1230. The van der Waals surface area contributed by atoms with E-state index in [2.05, 4.69) is 30.3 Å². The molecule has 4 rings (SSSR count). The number of rotatable bonds is 8. The average Bonchev–Trinajstić information content (AvgIpc) is 2.84. The molecule has 0 saturated carbocycles. The zero-order valence-electron chi connectivity index (χ0n) is 20.4. The molecule has 1 saturated heterocycles. The van der Waals surface area contributed by atoms with Gasteiger partial charge in [-0.1, -0.05) is 18.2 Å². The van der Waals surface area contributed by atoms with Crippen LogP contribution in [-0.4, -0.2) is 46.4 Å². The fraction of sp³-hybridized carbons (Fsp3) is 0.360. The summed E-state index contributed by atoms with van der Waals surface area (Å²) in [6, 6.07) is 11.4. The van der Waals surface area contributed by atoms with Gasteiger partial charge in [-0.2, -0.15) is 4.98 Å². The molecule has 0 spiro atoms. The molecule has 2 aromatic carbocycles. The van der Waals surface area contributed by atoms with Crippen molar-refractivity contribution in [3.8, 4) is 5.75 Å². The molecule has 0 radical (unpaired) electrons. The first-order chi connectivity index (χ1) is 17.6. The van der Waals surface area contributed by atoms with Crippen LogP contribution < -0.4 is 20.3 Å². The molecule has 0 atom stereocenters. The van der Waals surface area contributed by atoms with Crippen molar-refractivity contribution in [2.24, 2.45) is 0 Å². The molecule has 2 N–H and O–H groups in total. The number of aryl methyl sites for hydroxylation is 1. The standard InChI is InChI=1S/C25H27F3N6O3/c1-16-6-7-19(13-22(16)31-17(2)35)32-23-29-15-30-24(33-23)34-10-8-20(9-11-34)36-14-18-4-3-5-21(12-18)37-25(26,27)28/h3-7,12-13,15,20H,8-11,14H2,1-2H3,(H,31,35)(H,29,30,32,33). The highest BCUT2D eigenvalue weighted by Gasteiger charge is 2.31. The van der Waals surface area contributed by atoms with E-state index in [4.69, 9.17) is 4.74 Å². The second-order valence-electron chi connectivity index (χ2n) is 8.64. The first kappa shape index (κ1) is 26.1. The third-order valence-electron chi connectivity index (χ3n) is 5.71. The maximum absolute atomic E-state index is 12.4. The number of carbonyl (C=O) groups excluding carboxylic acids is 1. The number of nitrogens with zero attached hydrogens (tertiary/aromatic N) is 4. The predicted octanol–water partition coefficient (Wildman–Crippen LogP) is 4.97. The van der Waals surface area contributed by atoms with Gasteiger partial charge in [-0.05, 0) is 55.2 Å². The van der Waals surface area contributed by atoms with Crippen LogP contribution in [0.4, 0.5) is 36.4 Å². The minimum absolute atomic E-state index is 0.0392. The van der Waals surface area contributed by atoms with Crippen LogP contribution in [0.5, 0.6) is 5.75 Å². The molecular weight excluding hydrogens is 489 g/mol. The van der Waals surface area contributed by atoms with Crippen LogP contribution in [-0.2, 0) is 16.1 Å². The topological polar surface area (TPSA) is 102 Å². The number of carbonyl (C=O) groups is 1. The highest BCUT2D eigenvalue weighted by molar-refractivity contribution is 5.90. The molecule has 1 aromatic heterocycles. The molecule has 9 nitrogen and oxygen atoms in total. The van der Waals surface area contributed by atoms with E-state index in [1.807, 2.05) is 30.0 Å². The average molecular weight is 517 g/mol. The largest absolute Gasteiger partial charge is 0.573 e. The fourth-order valence-corrected chi connectivity index (χ4v) is 3.92. The van der Waals surface area contributed by atoms with Crippen LogP contribution in [0.3, 0.4) is 0 Å².